The molecule has 0 aliphatic heterocycles. The van der Waals surface area contributed by atoms with Gasteiger partial charge in [0.1, 0.15) is 0 Å². The van der Waals surface area contributed by atoms with Gasteiger partial charge in [0.2, 0.25) is 0 Å². The zero-order valence-corrected chi connectivity index (χ0v) is 21.4. The Morgan fingerprint density at radius 3 is 2.17 bits per heavy atom. The highest BCUT2D eigenvalue weighted by Gasteiger charge is 2.56. The zero-order chi connectivity index (χ0) is 22.5. The quantitative estimate of drug-likeness (QED) is 0.489. The lowest BCUT2D eigenvalue weighted by molar-refractivity contribution is -0.0781. The summed E-state index contributed by atoms with van der Waals surface area (Å²) in [4.78, 5) is 0. The Labute approximate surface area is 188 Å². The minimum absolute atomic E-state index is 0.00621. The van der Waals surface area contributed by atoms with Gasteiger partial charge < -0.3 is 10.2 Å². The van der Waals surface area contributed by atoms with Crippen molar-refractivity contribution in [2.75, 3.05) is 0 Å². The van der Waals surface area contributed by atoms with Crippen molar-refractivity contribution in [1.29, 1.82) is 0 Å². The molecule has 2 nitrogen and oxygen atoms in total. The lowest BCUT2D eigenvalue weighted by atomic mass is 9.49. The Bertz CT molecular complexity index is 495. The van der Waals surface area contributed by atoms with E-state index < -0.39 is 5.60 Å². The molecule has 0 amide bonds. The summed E-state index contributed by atoms with van der Waals surface area (Å²) >= 11 is 0. The summed E-state index contributed by atoms with van der Waals surface area (Å²) in [6.07, 6.45) is 15.5. The van der Waals surface area contributed by atoms with Gasteiger partial charge in [-0.15, -0.1) is 0 Å². The highest BCUT2D eigenvalue weighted by molar-refractivity contribution is 5.06. The molecule has 178 valence electrons. The standard InChI is InChI=1S/C24H42O2.2C2H6/c1-23(2,26)13-4-5-17-7-11-22-21-9-6-16-15-18(25)8-10-19(16)20(21)12-14-24(17,22)3;2*1-2/h16-22,25-26H,4-15H2,1-3H3;2*1-2H3. The van der Waals surface area contributed by atoms with E-state index in [1.807, 2.05) is 41.5 Å². The molecule has 0 radical (unpaired) electrons. The number of rotatable bonds is 4. The SMILES string of the molecule is CC.CC.CC(C)(O)CCCC1CCC2C3CCC4CC(O)CCC4C3CCC12C. The zero-order valence-electron chi connectivity index (χ0n) is 21.4. The average Bonchev–Trinajstić information content (AvgIpc) is 3.06. The Balaban J connectivity index is 0.000000757. The van der Waals surface area contributed by atoms with Gasteiger partial charge in [0.15, 0.2) is 0 Å². The van der Waals surface area contributed by atoms with Crippen LogP contribution in [0.15, 0.2) is 0 Å². The van der Waals surface area contributed by atoms with Gasteiger partial charge in [0.05, 0.1) is 11.7 Å². The molecule has 0 aromatic rings. The summed E-state index contributed by atoms with van der Waals surface area (Å²) in [5, 5.41) is 20.1. The largest absolute Gasteiger partial charge is 0.393 e. The van der Waals surface area contributed by atoms with Gasteiger partial charge >= 0.3 is 0 Å². The van der Waals surface area contributed by atoms with Crippen molar-refractivity contribution < 1.29 is 10.2 Å². The Morgan fingerprint density at radius 2 is 1.50 bits per heavy atom. The second-order valence-corrected chi connectivity index (χ2v) is 11.4. The number of hydrogen-bond acceptors (Lipinski definition) is 2. The molecule has 4 aliphatic carbocycles. The van der Waals surface area contributed by atoms with Crippen LogP contribution in [0.25, 0.3) is 0 Å². The first-order valence-corrected chi connectivity index (χ1v) is 13.7. The van der Waals surface area contributed by atoms with Crippen LogP contribution >= 0.6 is 0 Å². The molecule has 2 heteroatoms. The Hall–Kier alpha value is -0.0800. The van der Waals surface area contributed by atoms with Crippen molar-refractivity contribution in [3.8, 4) is 0 Å². The maximum absolute atomic E-state index is 10.1. The molecule has 0 aromatic heterocycles. The second-order valence-electron chi connectivity index (χ2n) is 11.4. The molecule has 8 unspecified atom stereocenters. The normalized spacial score (nSPS) is 42.5. The third kappa shape index (κ3) is 5.64. The number of aliphatic hydroxyl groups excluding tert-OH is 1. The molecular formula is C28H54O2. The van der Waals surface area contributed by atoms with Crippen LogP contribution in [0, 0.1) is 40.9 Å². The number of aliphatic hydroxyl groups is 2. The minimum atomic E-state index is -0.500. The summed E-state index contributed by atoms with van der Waals surface area (Å²) < 4.78 is 0. The fraction of sp³-hybridized carbons (Fsp3) is 1.00. The lowest BCUT2D eigenvalue weighted by Crippen LogP contribution is -2.49. The molecule has 0 aromatic carbocycles. The Kier molecular flexibility index (Phi) is 9.75. The number of hydrogen-bond donors (Lipinski definition) is 2. The smallest absolute Gasteiger partial charge is 0.0591 e. The third-order valence-electron chi connectivity index (χ3n) is 9.46. The first-order chi connectivity index (χ1) is 14.3. The average molecular weight is 423 g/mol. The predicted molar refractivity (Wildman–Crippen MR) is 129 cm³/mol. The molecule has 4 aliphatic rings. The fourth-order valence-electron chi connectivity index (χ4n) is 8.19. The summed E-state index contributed by atoms with van der Waals surface area (Å²) in [5.74, 6) is 5.55. The van der Waals surface area contributed by atoms with E-state index in [4.69, 9.17) is 0 Å². The van der Waals surface area contributed by atoms with Crippen LogP contribution in [0.3, 0.4) is 0 Å². The molecule has 0 spiro atoms. The van der Waals surface area contributed by atoms with E-state index in [0.29, 0.717) is 5.41 Å². The molecule has 8 atom stereocenters. The second kappa shape index (κ2) is 11.2. The van der Waals surface area contributed by atoms with Gasteiger partial charge in [0.25, 0.3) is 0 Å². The summed E-state index contributed by atoms with van der Waals surface area (Å²) in [7, 11) is 0. The first-order valence-electron chi connectivity index (χ1n) is 13.7. The summed E-state index contributed by atoms with van der Waals surface area (Å²) in [6, 6.07) is 0. The molecule has 4 fully saturated rings. The van der Waals surface area contributed by atoms with E-state index in [2.05, 4.69) is 6.92 Å². The molecule has 2 N–H and O–H groups in total. The van der Waals surface area contributed by atoms with Gasteiger partial charge in [-0.1, -0.05) is 41.0 Å². The van der Waals surface area contributed by atoms with Gasteiger partial charge in [0, 0.05) is 0 Å². The van der Waals surface area contributed by atoms with Crippen LogP contribution in [0.2, 0.25) is 0 Å². The minimum Gasteiger partial charge on any atom is -0.393 e. The number of fused-ring (bicyclic) bond motifs is 5. The molecule has 0 saturated heterocycles. The van der Waals surface area contributed by atoms with Gasteiger partial charge in [-0.05, 0) is 125 Å². The predicted octanol–water partition coefficient (Wildman–Crippen LogP) is 7.61. The lowest BCUT2D eigenvalue weighted by Gasteiger charge is -2.56. The van der Waals surface area contributed by atoms with Crippen molar-refractivity contribution in [1.82, 2.24) is 0 Å². The maximum Gasteiger partial charge on any atom is 0.0591 e. The molecule has 30 heavy (non-hydrogen) atoms. The van der Waals surface area contributed by atoms with Crippen molar-refractivity contribution in [3.63, 3.8) is 0 Å². The fourth-order valence-corrected chi connectivity index (χ4v) is 8.19. The van der Waals surface area contributed by atoms with E-state index in [0.717, 1.165) is 54.8 Å². The highest BCUT2D eigenvalue weighted by atomic mass is 16.3. The molecule has 4 saturated carbocycles. The maximum atomic E-state index is 10.1. The van der Waals surface area contributed by atoms with Crippen molar-refractivity contribution in [3.05, 3.63) is 0 Å². The van der Waals surface area contributed by atoms with E-state index in [1.54, 1.807) is 0 Å². The van der Waals surface area contributed by atoms with E-state index in [-0.39, 0.29) is 6.10 Å². The topological polar surface area (TPSA) is 40.5 Å². The first kappa shape index (κ1) is 26.2. The van der Waals surface area contributed by atoms with Gasteiger partial charge in [-0.2, -0.15) is 0 Å². The van der Waals surface area contributed by atoms with Crippen molar-refractivity contribution >= 4 is 0 Å². The molecular weight excluding hydrogens is 368 g/mol. The molecule has 4 rings (SSSR count). The van der Waals surface area contributed by atoms with Crippen LogP contribution in [0.4, 0.5) is 0 Å². The van der Waals surface area contributed by atoms with Crippen LogP contribution in [0.1, 0.15) is 126 Å². The summed E-state index contributed by atoms with van der Waals surface area (Å²) in [5.41, 5.74) is 0.0717. The van der Waals surface area contributed by atoms with Crippen LogP contribution in [-0.2, 0) is 0 Å². The van der Waals surface area contributed by atoms with E-state index in [9.17, 15) is 10.2 Å². The van der Waals surface area contributed by atoms with Crippen molar-refractivity contribution in [2.45, 2.75) is 137 Å². The highest BCUT2D eigenvalue weighted by Crippen LogP contribution is 2.64. The molecule has 0 heterocycles. The molecule has 0 bridgehead atoms. The van der Waals surface area contributed by atoms with E-state index >= 15 is 0 Å². The summed E-state index contributed by atoms with van der Waals surface area (Å²) in [6.45, 7) is 14.5. The van der Waals surface area contributed by atoms with Gasteiger partial charge in [-0.3, -0.25) is 0 Å². The monoisotopic (exact) mass is 422 g/mol. The van der Waals surface area contributed by atoms with Crippen LogP contribution < -0.4 is 0 Å². The third-order valence-corrected chi connectivity index (χ3v) is 9.46. The van der Waals surface area contributed by atoms with Crippen LogP contribution in [0.5, 0.6) is 0 Å². The van der Waals surface area contributed by atoms with E-state index in [1.165, 1.54) is 57.8 Å². The Morgan fingerprint density at radius 1 is 0.833 bits per heavy atom. The van der Waals surface area contributed by atoms with Crippen molar-refractivity contribution in [2.24, 2.45) is 40.9 Å². The van der Waals surface area contributed by atoms with Crippen LogP contribution in [-0.4, -0.2) is 21.9 Å². The van der Waals surface area contributed by atoms with Gasteiger partial charge in [-0.25, -0.2) is 0 Å².